The zero-order valence-corrected chi connectivity index (χ0v) is 11.9. The fraction of sp³-hybridized carbons (Fsp3) is 0.333. The van der Waals surface area contributed by atoms with E-state index in [0.717, 1.165) is 10.4 Å². The minimum absolute atomic E-state index is 0.00835. The number of rotatable bonds is 5. The number of hydrogen-bond donors (Lipinski definition) is 1. The largest absolute Gasteiger partial charge is 0.463 e. The van der Waals surface area contributed by atoms with Crippen molar-refractivity contribution in [2.45, 2.75) is 20.0 Å². The topological polar surface area (TPSA) is 86.1 Å². The summed E-state index contributed by atoms with van der Waals surface area (Å²) in [7, 11) is 1.25. The van der Waals surface area contributed by atoms with Crippen LogP contribution in [0.15, 0.2) is 17.8 Å². The van der Waals surface area contributed by atoms with Crippen LogP contribution in [-0.2, 0) is 22.6 Å². The molecule has 20 heavy (non-hydrogen) atoms. The standard InChI is InChI=1S/C12H14N4O3S/c1-8-3-4-20-9(8)5-13-10(17)6-16-7-14-11(15-16)12(18)19-2/h3-4,7H,5-6H2,1-2H3,(H,13,17). The van der Waals surface area contributed by atoms with E-state index < -0.39 is 5.97 Å². The number of amides is 1. The molecule has 1 N–H and O–H groups in total. The number of nitrogens with zero attached hydrogens (tertiary/aromatic N) is 3. The number of carbonyl (C=O) groups excluding carboxylic acids is 2. The van der Waals surface area contributed by atoms with Gasteiger partial charge in [0.25, 0.3) is 5.82 Å². The molecule has 2 aromatic rings. The first-order valence-electron chi connectivity index (χ1n) is 5.87. The van der Waals surface area contributed by atoms with Crippen molar-refractivity contribution >= 4 is 23.2 Å². The van der Waals surface area contributed by atoms with Crippen molar-refractivity contribution in [1.29, 1.82) is 0 Å². The van der Waals surface area contributed by atoms with Crippen molar-refractivity contribution in [1.82, 2.24) is 20.1 Å². The predicted octanol–water partition coefficient (Wildman–Crippen LogP) is 0.751. The van der Waals surface area contributed by atoms with Crippen LogP contribution in [0.25, 0.3) is 0 Å². The van der Waals surface area contributed by atoms with Crippen LogP contribution in [0.4, 0.5) is 0 Å². The first-order chi connectivity index (χ1) is 9.60. The molecule has 8 heteroatoms. The summed E-state index contributed by atoms with van der Waals surface area (Å²) in [5.41, 5.74) is 1.16. The van der Waals surface area contributed by atoms with E-state index in [0.29, 0.717) is 6.54 Å². The summed E-state index contributed by atoms with van der Waals surface area (Å²) in [5, 5.41) is 8.63. The van der Waals surface area contributed by atoms with Crippen LogP contribution in [-0.4, -0.2) is 33.8 Å². The van der Waals surface area contributed by atoms with Crippen molar-refractivity contribution in [2.75, 3.05) is 7.11 Å². The van der Waals surface area contributed by atoms with Gasteiger partial charge in [0.15, 0.2) is 0 Å². The van der Waals surface area contributed by atoms with Gasteiger partial charge in [-0.15, -0.1) is 16.4 Å². The maximum Gasteiger partial charge on any atom is 0.377 e. The van der Waals surface area contributed by atoms with Gasteiger partial charge in [-0.2, -0.15) is 0 Å². The molecule has 0 atom stereocenters. The lowest BCUT2D eigenvalue weighted by atomic mass is 10.3. The third kappa shape index (κ3) is 3.41. The maximum absolute atomic E-state index is 11.8. The molecule has 0 aliphatic heterocycles. The highest BCUT2D eigenvalue weighted by Crippen LogP contribution is 2.14. The van der Waals surface area contributed by atoms with Gasteiger partial charge in [0.05, 0.1) is 13.7 Å². The highest BCUT2D eigenvalue weighted by molar-refractivity contribution is 7.10. The fourth-order valence-electron chi connectivity index (χ4n) is 1.52. The number of aromatic nitrogens is 3. The molecule has 7 nitrogen and oxygen atoms in total. The van der Waals surface area contributed by atoms with Gasteiger partial charge >= 0.3 is 5.97 Å². The lowest BCUT2D eigenvalue weighted by Gasteiger charge is -2.04. The Morgan fingerprint density at radius 2 is 2.30 bits per heavy atom. The molecule has 2 heterocycles. The van der Waals surface area contributed by atoms with Gasteiger partial charge in [-0.3, -0.25) is 4.79 Å². The van der Waals surface area contributed by atoms with Crippen LogP contribution in [0.2, 0.25) is 0 Å². The summed E-state index contributed by atoms with van der Waals surface area (Å²) >= 11 is 1.60. The molecule has 2 rings (SSSR count). The minimum Gasteiger partial charge on any atom is -0.463 e. The molecule has 0 aromatic carbocycles. The molecule has 0 saturated heterocycles. The first kappa shape index (κ1) is 14.2. The fourth-order valence-corrected chi connectivity index (χ4v) is 2.37. The van der Waals surface area contributed by atoms with Crippen LogP contribution in [0, 0.1) is 6.92 Å². The van der Waals surface area contributed by atoms with Gasteiger partial charge in [0.2, 0.25) is 5.91 Å². The SMILES string of the molecule is COC(=O)c1ncn(CC(=O)NCc2sccc2C)n1. The van der Waals surface area contributed by atoms with E-state index in [9.17, 15) is 9.59 Å². The summed E-state index contributed by atoms with van der Waals surface area (Å²) in [6.45, 7) is 2.49. The third-order valence-corrected chi connectivity index (χ3v) is 3.65. The van der Waals surface area contributed by atoms with Gasteiger partial charge < -0.3 is 10.1 Å². The van der Waals surface area contributed by atoms with Crippen molar-refractivity contribution < 1.29 is 14.3 Å². The lowest BCUT2D eigenvalue weighted by molar-refractivity contribution is -0.122. The Hall–Kier alpha value is -2.22. The molecule has 0 saturated carbocycles. The highest BCUT2D eigenvalue weighted by Gasteiger charge is 2.12. The van der Waals surface area contributed by atoms with Crippen molar-refractivity contribution in [2.24, 2.45) is 0 Å². The van der Waals surface area contributed by atoms with Crippen LogP contribution >= 0.6 is 11.3 Å². The summed E-state index contributed by atoms with van der Waals surface area (Å²) < 4.78 is 5.78. The number of esters is 1. The molecule has 0 aliphatic rings. The van der Waals surface area contributed by atoms with Gasteiger partial charge in [-0.1, -0.05) is 0 Å². The second kappa shape index (κ2) is 6.29. The highest BCUT2D eigenvalue weighted by atomic mass is 32.1. The lowest BCUT2D eigenvalue weighted by Crippen LogP contribution is -2.27. The Balaban J connectivity index is 1.87. The second-order valence-electron chi connectivity index (χ2n) is 4.06. The van der Waals surface area contributed by atoms with E-state index in [2.05, 4.69) is 20.1 Å². The van der Waals surface area contributed by atoms with E-state index in [-0.39, 0.29) is 18.3 Å². The van der Waals surface area contributed by atoms with Crippen molar-refractivity contribution in [3.63, 3.8) is 0 Å². The summed E-state index contributed by atoms with van der Waals surface area (Å²) in [6.07, 6.45) is 1.32. The number of methoxy groups -OCH3 is 1. The molecular formula is C12H14N4O3S. The van der Waals surface area contributed by atoms with E-state index in [4.69, 9.17) is 0 Å². The zero-order chi connectivity index (χ0) is 14.5. The average Bonchev–Trinajstić information content (AvgIpc) is 3.05. The Morgan fingerprint density at radius 1 is 1.50 bits per heavy atom. The van der Waals surface area contributed by atoms with E-state index >= 15 is 0 Å². The average molecular weight is 294 g/mol. The Labute approximate surface area is 119 Å². The molecule has 0 fully saturated rings. The predicted molar refractivity (Wildman–Crippen MR) is 72.3 cm³/mol. The zero-order valence-electron chi connectivity index (χ0n) is 11.1. The van der Waals surface area contributed by atoms with E-state index in [1.165, 1.54) is 18.1 Å². The summed E-state index contributed by atoms with van der Waals surface area (Å²) in [4.78, 5) is 27.8. The monoisotopic (exact) mass is 294 g/mol. The second-order valence-corrected chi connectivity index (χ2v) is 5.06. The molecule has 0 spiro atoms. The molecule has 0 aliphatic carbocycles. The number of nitrogens with one attached hydrogen (secondary N) is 1. The first-order valence-corrected chi connectivity index (χ1v) is 6.75. The maximum atomic E-state index is 11.8. The minimum atomic E-state index is -0.627. The molecule has 0 radical (unpaired) electrons. The Bertz CT molecular complexity index is 620. The van der Waals surface area contributed by atoms with Crippen molar-refractivity contribution in [3.8, 4) is 0 Å². The number of thiophene rings is 1. The van der Waals surface area contributed by atoms with Gasteiger partial charge in [0.1, 0.15) is 12.9 Å². The number of ether oxygens (including phenoxy) is 1. The normalized spacial score (nSPS) is 10.3. The smallest absolute Gasteiger partial charge is 0.377 e. The molecular weight excluding hydrogens is 280 g/mol. The van der Waals surface area contributed by atoms with E-state index in [1.54, 1.807) is 11.3 Å². The van der Waals surface area contributed by atoms with Crippen LogP contribution in [0.5, 0.6) is 0 Å². The molecule has 0 bridgehead atoms. The number of carbonyl (C=O) groups is 2. The number of aryl methyl sites for hydroxylation is 1. The summed E-state index contributed by atoms with van der Waals surface area (Å²) in [6, 6.07) is 2.01. The quantitative estimate of drug-likeness (QED) is 0.822. The molecule has 2 aromatic heterocycles. The molecule has 1 amide bonds. The van der Waals surface area contributed by atoms with Crippen LogP contribution in [0.1, 0.15) is 21.1 Å². The van der Waals surface area contributed by atoms with Gasteiger partial charge in [-0.05, 0) is 23.9 Å². The molecule has 106 valence electrons. The third-order valence-electron chi connectivity index (χ3n) is 2.62. The molecule has 0 unspecified atom stereocenters. The van der Waals surface area contributed by atoms with Crippen LogP contribution in [0.3, 0.4) is 0 Å². The van der Waals surface area contributed by atoms with Gasteiger partial charge in [0, 0.05) is 4.88 Å². The van der Waals surface area contributed by atoms with Gasteiger partial charge in [-0.25, -0.2) is 14.5 Å². The van der Waals surface area contributed by atoms with Crippen molar-refractivity contribution in [3.05, 3.63) is 34.0 Å². The summed E-state index contributed by atoms with van der Waals surface area (Å²) in [5.74, 6) is -0.883. The Kier molecular flexibility index (Phi) is 4.46. The Morgan fingerprint density at radius 3 is 2.95 bits per heavy atom. The number of hydrogen-bond acceptors (Lipinski definition) is 6. The van der Waals surface area contributed by atoms with Crippen LogP contribution < -0.4 is 5.32 Å². The van der Waals surface area contributed by atoms with E-state index in [1.807, 2.05) is 18.4 Å².